The Hall–Kier alpha value is -3.32. The van der Waals surface area contributed by atoms with Crippen LogP contribution in [0.1, 0.15) is 0 Å². The molecule has 7 heteroatoms. The lowest BCUT2D eigenvalue weighted by Crippen LogP contribution is -2.38. The lowest BCUT2D eigenvalue weighted by Gasteiger charge is -2.20. The Morgan fingerprint density at radius 3 is 1.55 bits per heavy atom. The quantitative estimate of drug-likeness (QED) is 0.205. The van der Waals surface area contributed by atoms with E-state index in [0.717, 1.165) is 21.9 Å². The molecule has 0 saturated heterocycles. The minimum Gasteiger partial charge on any atom is -0.390 e. The molecule has 0 saturated carbocycles. The Bertz CT molecular complexity index is 1750. The highest BCUT2D eigenvalue weighted by Crippen LogP contribution is 2.41. The molecule has 0 fully saturated rings. The number of fused-ring (bicyclic) bond motifs is 7. The molecule has 0 spiro atoms. The summed E-state index contributed by atoms with van der Waals surface area (Å²) in [7, 11) is -5.49. The summed E-state index contributed by atoms with van der Waals surface area (Å²) >= 11 is 0. The predicted octanol–water partition coefficient (Wildman–Crippen LogP) is 8.92. The fourth-order valence-corrected chi connectivity index (χ4v) is 9.25. The summed E-state index contributed by atoms with van der Waals surface area (Å²) < 4.78 is 20.1. The third-order valence-corrected chi connectivity index (χ3v) is 12.0. The molecule has 0 bridgehead atoms. The minimum atomic E-state index is -1.85. The number of hydrogen-bond donors (Lipinski definition) is 0. The first kappa shape index (κ1) is 25.0. The van der Waals surface area contributed by atoms with Crippen molar-refractivity contribution in [2.24, 2.45) is 0 Å². The van der Waals surface area contributed by atoms with Crippen molar-refractivity contribution < 1.29 is 12.9 Å². The fourth-order valence-electron chi connectivity index (χ4n) is 5.14. The van der Waals surface area contributed by atoms with Gasteiger partial charge in [0.1, 0.15) is 11.2 Å². The van der Waals surface area contributed by atoms with Crippen molar-refractivity contribution in [3.8, 4) is 5.88 Å². The Balaban J connectivity index is 1.95. The highest BCUT2D eigenvalue weighted by molar-refractivity contribution is 7.32. The van der Waals surface area contributed by atoms with Crippen molar-refractivity contribution >= 4 is 78.2 Å². The number of aromatic nitrogens is 1. The molecule has 0 radical (unpaired) electrons. The number of pyridine rings is 1. The summed E-state index contributed by atoms with van der Waals surface area (Å²) in [6.45, 7) is 14.2. The van der Waals surface area contributed by atoms with E-state index >= 15 is 0 Å². The lowest BCUT2D eigenvalue weighted by molar-refractivity contribution is 0.487. The van der Waals surface area contributed by atoms with E-state index in [1.54, 1.807) is 6.20 Å². The van der Waals surface area contributed by atoms with Gasteiger partial charge in [0.05, 0.1) is 16.1 Å². The van der Waals surface area contributed by atoms with Crippen molar-refractivity contribution in [2.75, 3.05) is 0 Å². The van der Waals surface area contributed by atoms with E-state index in [4.69, 9.17) is 12.9 Å². The molecule has 0 atom stereocenters. The van der Waals surface area contributed by atoms with Crippen molar-refractivity contribution in [1.29, 1.82) is 0 Å². The van der Waals surface area contributed by atoms with Crippen molar-refractivity contribution in [3.63, 3.8) is 0 Å². The molecule has 0 N–H and O–H groups in total. The summed E-state index contributed by atoms with van der Waals surface area (Å²) in [6, 6.07) is 27.6. The van der Waals surface area contributed by atoms with Gasteiger partial charge in [-0.05, 0) is 38.0 Å². The molecule has 2 aromatic heterocycles. The molecule has 6 rings (SSSR count). The van der Waals surface area contributed by atoms with Crippen LogP contribution in [-0.2, 0) is 0 Å². The van der Waals surface area contributed by atoms with Crippen LogP contribution in [0.4, 0.5) is 0 Å². The SMILES string of the molecule is C[Si](C)(C)c1cc2ccccc2c2c1op(Oc1ccccn1)oc1c([Si](C)(C)C)cc3ccccc3c12. The van der Waals surface area contributed by atoms with Gasteiger partial charge in [0.15, 0.2) is 0 Å². The van der Waals surface area contributed by atoms with Gasteiger partial charge in [-0.2, -0.15) is 0 Å². The molecule has 2 heterocycles. The zero-order valence-corrected chi connectivity index (χ0v) is 25.6. The van der Waals surface area contributed by atoms with Crippen LogP contribution in [0.15, 0.2) is 93.5 Å². The smallest absolute Gasteiger partial charge is 0.390 e. The average molecular weight is 554 g/mol. The van der Waals surface area contributed by atoms with E-state index in [0.29, 0.717) is 5.88 Å². The van der Waals surface area contributed by atoms with Gasteiger partial charge in [-0.1, -0.05) is 106 Å². The van der Waals surface area contributed by atoms with Crippen molar-refractivity contribution in [1.82, 2.24) is 4.98 Å². The fraction of sp³-hybridized carbons (Fsp3) is 0.194. The normalized spacial score (nSPS) is 12.5. The second-order valence-electron chi connectivity index (χ2n) is 11.9. The van der Waals surface area contributed by atoms with Gasteiger partial charge in [0.2, 0.25) is 5.88 Å². The molecule has 4 nitrogen and oxygen atoms in total. The van der Waals surface area contributed by atoms with Crippen LogP contribution in [0.2, 0.25) is 39.3 Å². The Morgan fingerprint density at radius 1 is 0.632 bits per heavy atom. The molecular weight excluding hydrogens is 521 g/mol. The van der Waals surface area contributed by atoms with Crippen molar-refractivity contribution in [3.05, 3.63) is 85.1 Å². The number of hydrogen-bond acceptors (Lipinski definition) is 4. The minimum absolute atomic E-state index is 0.495. The third-order valence-electron chi connectivity index (χ3n) is 7.01. The monoisotopic (exact) mass is 553 g/mol. The van der Waals surface area contributed by atoms with E-state index in [-0.39, 0.29) is 0 Å². The van der Waals surface area contributed by atoms with Gasteiger partial charge in [0.25, 0.3) is 0 Å². The van der Waals surface area contributed by atoms with Gasteiger partial charge in [-0.15, -0.1) is 0 Å². The molecular formula is C31H32NO3PSi2. The van der Waals surface area contributed by atoms with Crippen LogP contribution < -0.4 is 14.9 Å². The van der Waals surface area contributed by atoms with Crippen molar-refractivity contribution in [2.45, 2.75) is 39.3 Å². The maximum absolute atomic E-state index is 6.86. The Morgan fingerprint density at radius 2 is 1.11 bits per heavy atom. The summed E-state index contributed by atoms with van der Waals surface area (Å²) in [5.74, 6) is 0.495. The highest BCUT2D eigenvalue weighted by atomic mass is 31.1. The van der Waals surface area contributed by atoms with Crippen LogP contribution in [-0.4, -0.2) is 21.1 Å². The lowest BCUT2D eigenvalue weighted by atomic mass is 9.98. The average Bonchev–Trinajstić information content (AvgIpc) is 3.04. The molecule has 0 aliphatic carbocycles. The maximum atomic E-state index is 6.86. The molecule has 4 aromatic carbocycles. The molecule has 38 heavy (non-hydrogen) atoms. The summed E-state index contributed by atoms with van der Waals surface area (Å²) in [5, 5.41) is 9.53. The Labute approximate surface area is 225 Å². The first-order valence-corrected chi connectivity index (χ1v) is 21.1. The predicted molar refractivity (Wildman–Crippen MR) is 168 cm³/mol. The summed E-state index contributed by atoms with van der Waals surface area (Å²) in [5.41, 5.74) is 1.78. The van der Waals surface area contributed by atoms with Crippen LogP contribution >= 0.6 is 8.24 Å². The first-order valence-electron chi connectivity index (χ1n) is 13.0. The van der Waals surface area contributed by atoms with E-state index in [1.165, 1.54) is 31.9 Å². The van der Waals surface area contributed by atoms with Crippen LogP contribution in [0.3, 0.4) is 0 Å². The van der Waals surface area contributed by atoms with Gasteiger partial charge in [-0.25, -0.2) is 4.98 Å². The zero-order valence-electron chi connectivity index (χ0n) is 22.7. The summed E-state index contributed by atoms with van der Waals surface area (Å²) in [6.07, 6.45) is 1.73. The summed E-state index contributed by atoms with van der Waals surface area (Å²) in [4.78, 5) is 4.41. The van der Waals surface area contributed by atoms with Gasteiger partial charge < -0.3 is 12.9 Å². The number of benzene rings is 4. The molecule has 0 unspecified atom stereocenters. The molecule has 192 valence electrons. The molecule has 0 amide bonds. The van der Waals surface area contributed by atoms with E-state index in [9.17, 15) is 0 Å². The van der Waals surface area contributed by atoms with Gasteiger partial charge in [-0.3, -0.25) is 0 Å². The standard InChI is InChI=1S/C31H32NO3PSi2/c1-37(2,3)25-19-21-13-7-9-15-23(21)28-29-24-16-10-8-14-22(24)20-26(38(4,5)6)31(29)35-36(34-30(25)28)33-27-17-11-12-18-32-27/h7-20H,1-6H3. The maximum Gasteiger partial charge on any atom is 0.454 e. The second kappa shape index (κ2) is 9.16. The first-order chi connectivity index (χ1) is 18.1. The molecule has 6 aromatic rings. The Kier molecular flexibility index (Phi) is 6.02. The van der Waals surface area contributed by atoms with Gasteiger partial charge in [0, 0.05) is 23.0 Å². The van der Waals surface area contributed by atoms with Crippen LogP contribution in [0, 0.1) is 0 Å². The molecule has 0 aliphatic heterocycles. The van der Waals surface area contributed by atoms with E-state index < -0.39 is 24.4 Å². The number of nitrogens with zero attached hydrogens (tertiary/aromatic N) is 1. The number of rotatable bonds is 4. The van der Waals surface area contributed by atoms with Gasteiger partial charge >= 0.3 is 8.24 Å². The van der Waals surface area contributed by atoms with E-state index in [2.05, 4.69) is 105 Å². The third kappa shape index (κ3) is 4.37. The van der Waals surface area contributed by atoms with Crippen LogP contribution in [0.25, 0.3) is 43.5 Å². The van der Waals surface area contributed by atoms with Crippen LogP contribution in [0.5, 0.6) is 5.88 Å². The zero-order chi connectivity index (χ0) is 26.7. The molecule has 0 aliphatic rings. The topological polar surface area (TPSA) is 48.4 Å². The largest absolute Gasteiger partial charge is 0.454 e. The second-order valence-corrected chi connectivity index (χ2v) is 22.9. The van der Waals surface area contributed by atoms with E-state index in [1.807, 2.05) is 18.2 Å². The highest BCUT2D eigenvalue weighted by Gasteiger charge is 2.28.